The molecule has 1 heterocycles. The first-order valence-corrected chi connectivity index (χ1v) is 5.87. The van der Waals surface area contributed by atoms with E-state index < -0.39 is 12.7 Å². The van der Waals surface area contributed by atoms with Crippen molar-refractivity contribution < 1.29 is 13.2 Å². The van der Waals surface area contributed by atoms with Gasteiger partial charge in [0.25, 0.3) is 0 Å². The molecule has 0 atom stereocenters. The maximum atomic E-state index is 12.4. The van der Waals surface area contributed by atoms with Gasteiger partial charge in [0.05, 0.1) is 6.54 Å². The van der Waals surface area contributed by atoms with E-state index >= 15 is 0 Å². The Morgan fingerprint density at radius 2 is 2.11 bits per heavy atom. The first kappa shape index (κ1) is 14.8. The van der Waals surface area contributed by atoms with Gasteiger partial charge in [0.2, 0.25) is 0 Å². The number of nitrogens with one attached hydrogen (secondary N) is 1. The number of hydrogen-bond acceptors (Lipinski definition) is 3. The minimum atomic E-state index is -4.17. The van der Waals surface area contributed by atoms with Crippen LogP contribution in [0.3, 0.4) is 0 Å². The van der Waals surface area contributed by atoms with Crippen LogP contribution in [-0.2, 0) is 6.54 Å². The Morgan fingerprint density at radius 1 is 1.39 bits per heavy atom. The van der Waals surface area contributed by atoms with Crippen LogP contribution in [0.15, 0.2) is 18.3 Å². The Kier molecular flexibility index (Phi) is 5.40. The van der Waals surface area contributed by atoms with E-state index in [9.17, 15) is 13.2 Å². The SMILES string of the molecule is CCCN(Cc1cccnc1NC)CC(F)(F)F. The number of alkyl halides is 3. The second-order valence-corrected chi connectivity index (χ2v) is 4.09. The largest absolute Gasteiger partial charge is 0.401 e. The summed E-state index contributed by atoms with van der Waals surface area (Å²) in [5.41, 5.74) is 0.776. The molecule has 0 aliphatic carbocycles. The van der Waals surface area contributed by atoms with Crippen LogP contribution in [-0.4, -0.2) is 36.2 Å². The normalized spacial score (nSPS) is 11.9. The zero-order valence-corrected chi connectivity index (χ0v) is 10.6. The molecule has 0 fully saturated rings. The molecule has 0 amide bonds. The fourth-order valence-electron chi connectivity index (χ4n) is 1.82. The Hall–Kier alpha value is -1.30. The van der Waals surface area contributed by atoms with Crippen LogP contribution < -0.4 is 5.32 Å². The lowest BCUT2D eigenvalue weighted by Crippen LogP contribution is -2.34. The average molecular weight is 261 g/mol. The molecule has 1 aromatic rings. The van der Waals surface area contributed by atoms with E-state index in [1.807, 2.05) is 6.92 Å². The Labute approximate surface area is 105 Å². The maximum Gasteiger partial charge on any atom is 0.401 e. The average Bonchev–Trinajstić information content (AvgIpc) is 2.28. The number of aromatic nitrogens is 1. The molecule has 0 aliphatic heterocycles. The fourth-order valence-corrected chi connectivity index (χ4v) is 1.82. The zero-order valence-electron chi connectivity index (χ0n) is 10.6. The minimum absolute atomic E-state index is 0.247. The molecule has 1 rings (SSSR count). The van der Waals surface area contributed by atoms with Gasteiger partial charge in [-0.3, -0.25) is 4.90 Å². The summed E-state index contributed by atoms with van der Waals surface area (Å²) in [4.78, 5) is 5.47. The highest BCUT2D eigenvalue weighted by Gasteiger charge is 2.30. The molecule has 0 radical (unpaired) electrons. The van der Waals surface area contributed by atoms with Crippen molar-refractivity contribution in [1.29, 1.82) is 0 Å². The number of hydrogen-bond donors (Lipinski definition) is 1. The van der Waals surface area contributed by atoms with Crippen LogP contribution in [0.25, 0.3) is 0 Å². The molecule has 0 saturated heterocycles. The molecular weight excluding hydrogens is 243 g/mol. The van der Waals surface area contributed by atoms with E-state index in [4.69, 9.17) is 0 Å². The van der Waals surface area contributed by atoms with Crippen molar-refractivity contribution in [2.24, 2.45) is 0 Å². The lowest BCUT2D eigenvalue weighted by Gasteiger charge is -2.23. The fraction of sp³-hybridized carbons (Fsp3) is 0.583. The molecular formula is C12H18F3N3. The van der Waals surface area contributed by atoms with E-state index in [-0.39, 0.29) is 6.54 Å². The van der Waals surface area contributed by atoms with E-state index in [1.165, 1.54) is 4.90 Å². The van der Waals surface area contributed by atoms with Crippen LogP contribution in [0.4, 0.5) is 19.0 Å². The molecule has 0 aromatic carbocycles. The molecule has 0 unspecified atom stereocenters. The third-order valence-corrected chi connectivity index (χ3v) is 2.46. The summed E-state index contributed by atoms with van der Waals surface area (Å²) < 4.78 is 37.3. The Bertz CT molecular complexity index is 366. The second-order valence-electron chi connectivity index (χ2n) is 4.09. The number of anilines is 1. The van der Waals surface area contributed by atoms with Crippen LogP contribution in [0.1, 0.15) is 18.9 Å². The van der Waals surface area contributed by atoms with Crippen molar-refractivity contribution in [3.63, 3.8) is 0 Å². The van der Waals surface area contributed by atoms with Crippen molar-refractivity contribution >= 4 is 5.82 Å². The minimum Gasteiger partial charge on any atom is -0.373 e. The summed E-state index contributed by atoms with van der Waals surface area (Å²) in [6, 6.07) is 3.52. The van der Waals surface area contributed by atoms with Gasteiger partial charge in [-0.2, -0.15) is 13.2 Å². The topological polar surface area (TPSA) is 28.2 Å². The van der Waals surface area contributed by atoms with Gasteiger partial charge >= 0.3 is 6.18 Å². The van der Waals surface area contributed by atoms with Crippen molar-refractivity contribution in [2.75, 3.05) is 25.5 Å². The van der Waals surface area contributed by atoms with E-state index in [0.29, 0.717) is 18.8 Å². The highest BCUT2D eigenvalue weighted by molar-refractivity contribution is 5.42. The predicted octanol–water partition coefficient (Wildman–Crippen LogP) is 2.90. The summed E-state index contributed by atoms with van der Waals surface area (Å²) in [7, 11) is 1.71. The third-order valence-electron chi connectivity index (χ3n) is 2.46. The standard InChI is InChI=1S/C12H18F3N3/c1-3-7-18(9-12(13,14)15)8-10-5-4-6-17-11(10)16-2/h4-6H,3,7-9H2,1-2H3,(H,16,17). The lowest BCUT2D eigenvalue weighted by molar-refractivity contribution is -0.147. The van der Waals surface area contributed by atoms with Gasteiger partial charge in [-0.1, -0.05) is 13.0 Å². The number of pyridine rings is 1. The van der Waals surface area contributed by atoms with Gasteiger partial charge in [0.15, 0.2) is 0 Å². The molecule has 3 nitrogen and oxygen atoms in total. The molecule has 0 spiro atoms. The maximum absolute atomic E-state index is 12.4. The van der Waals surface area contributed by atoms with Gasteiger partial charge in [0.1, 0.15) is 5.82 Å². The zero-order chi connectivity index (χ0) is 13.6. The van der Waals surface area contributed by atoms with E-state index in [2.05, 4.69) is 10.3 Å². The Balaban J connectivity index is 2.76. The van der Waals surface area contributed by atoms with Crippen LogP contribution >= 0.6 is 0 Å². The summed E-state index contributed by atoms with van der Waals surface area (Å²) >= 11 is 0. The third kappa shape index (κ3) is 4.91. The van der Waals surface area contributed by atoms with Crippen molar-refractivity contribution in [2.45, 2.75) is 26.1 Å². The molecule has 0 saturated carbocycles. The monoisotopic (exact) mass is 261 g/mol. The van der Waals surface area contributed by atoms with Crippen molar-refractivity contribution in [1.82, 2.24) is 9.88 Å². The number of rotatable bonds is 6. The molecule has 6 heteroatoms. The van der Waals surface area contributed by atoms with E-state index in [1.54, 1.807) is 25.4 Å². The summed E-state index contributed by atoms with van der Waals surface area (Å²) in [5.74, 6) is 0.626. The quantitative estimate of drug-likeness (QED) is 0.853. The van der Waals surface area contributed by atoms with Gasteiger partial charge in [0, 0.05) is 25.4 Å². The summed E-state index contributed by atoms with van der Waals surface area (Å²) in [6.07, 6.45) is -1.87. The molecule has 0 bridgehead atoms. The van der Waals surface area contributed by atoms with Crippen LogP contribution in [0.5, 0.6) is 0 Å². The van der Waals surface area contributed by atoms with Crippen LogP contribution in [0.2, 0.25) is 0 Å². The van der Waals surface area contributed by atoms with Crippen molar-refractivity contribution in [3.8, 4) is 0 Å². The van der Waals surface area contributed by atoms with E-state index in [0.717, 1.165) is 5.56 Å². The first-order valence-electron chi connectivity index (χ1n) is 5.87. The van der Waals surface area contributed by atoms with Gasteiger partial charge in [-0.05, 0) is 19.0 Å². The highest BCUT2D eigenvalue weighted by Crippen LogP contribution is 2.20. The molecule has 0 aliphatic rings. The van der Waals surface area contributed by atoms with Crippen molar-refractivity contribution in [3.05, 3.63) is 23.9 Å². The van der Waals surface area contributed by atoms with Gasteiger partial charge in [-0.25, -0.2) is 4.98 Å². The summed E-state index contributed by atoms with van der Waals surface area (Å²) in [6.45, 7) is 1.64. The predicted molar refractivity (Wildman–Crippen MR) is 65.4 cm³/mol. The second kappa shape index (κ2) is 6.58. The Morgan fingerprint density at radius 3 is 2.67 bits per heavy atom. The molecule has 102 valence electrons. The lowest BCUT2D eigenvalue weighted by atomic mass is 10.2. The molecule has 1 aromatic heterocycles. The van der Waals surface area contributed by atoms with Crippen LogP contribution in [0, 0.1) is 0 Å². The molecule has 18 heavy (non-hydrogen) atoms. The first-order chi connectivity index (χ1) is 8.46. The van der Waals surface area contributed by atoms with Gasteiger partial charge in [-0.15, -0.1) is 0 Å². The highest BCUT2D eigenvalue weighted by atomic mass is 19.4. The number of halogens is 3. The smallest absolute Gasteiger partial charge is 0.373 e. The summed E-state index contributed by atoms with van der Waals surface area (Å²) in [5, 5.41) is 2.89. The number of nitrogens with zero attached hydrogens (tertiary/aromatic N) is 2. The van der Waals surface area contributed by atoms with Gasteiger partial charge < -0.3 is 5.32 Å². The molecule has 1 N–H and O–H groups in total.